The maximum atomic E-state index is 10.4. The highest BCUT2D eigenvalue weighted by atomic mass is 35.5. The number of halogens is 1. The highest BCUT2D eigenvalue weighted by molar-refractivity contribution is 6.21. The Morgan fingerprint density at radius 2 is 2.16 bits per heavy atom. The molecule has 0 radical (unpaired) electrons. The zero-order valence-corrected chi connectivity index (χ0v) is 12.1. The van der Waals surface area contributed by atoms with E-state index in [1.165, 1.54) is 0 Å². The second-order valence-corrected chi connectivity index (χ2v) is 5.64. The highest BCUT2D eigenvalue weighted by Gasteiger charge is 2.39. The van der Waals surface area contributed by atoms with Gasteiger partial charge in [-0.3, -0.25) is 4.79 Å². The number of aliphatic hydroxyl groups excluding tert-OH is 1. The van der Waals surface area contributed by atoms with Crippen LogP contribution in [0.3, 0.4) is 0 Å². The molecule has 1 rings (SSSR count). The number of aliphatic hydroxyl groups is 1. The number of carboxylic acids is 1. The summed E-state index contributed by atoms with van der Waals surface area (Å²) >= 11 is 6.28. The zero-order chi connectivity index (χ0) is 14.3. The molecule has 3 nitrogen and oxygen atoms in total. The van der Waals surface area contributed by atoms with Crippen molar-refractivity contribution in [2.75, 3.05) is 0 Å². The minimum atomic E-state index is -0.749. The summed E-state index contributed by atoms with van der Waals surface area (Å²) in [5, 5.41) is 18.5. The highest BCUT2D eigenvalue weighted by Crippen LogP contribution is 2.39. The van der Waals surface area contributed by atoms with Crippen LogP contribution in [0.4, 0.5) is 0 Å². The van der Waals surface area contributed by atoms with E-state index < -0.39 is 5.97 Å². The second kappa shape index (κ2) is 8.39. The molecule has 0 aliphatic heterocycles. The largest absolute Gasteiger partial charge is 0.481 e. The Labute approximate surface area is 120 Å². The van der Waals surface area contributed by atoms with Crippen molar-refractivity contribution in [3.05, 3.63) is 24.3 Å². The number of alkyl halides is 1. The SMILES string of the molecule is CC=C[C@H]1C(O)CC(Cl)[C@@H]1CC=CCCCC(=O)O. The van der Waals surface area contributed by atoms with Crippen LogP contribution in [-0.2, 0) is 4.79 Å². The number of hydrogen-bond donors (Lipinski definition) is 2. The molecule has 4 atom stereocenters. The Balaban J connectivity index is 2.37. The number of hydrogen-bond acceptors (Lipinski definition) is 2. The number of carboxylic acid groups (broad SMARTS) is 1. The van der Waals surface area contributed by atoms with E-state index in [1.807, 2.05) is 25.2 Å². The van der Waals surface area contributed by atoms with Crippen molar-refractivity contribution < 1.29 is 15.0 Å². The van der Waals surface area contributed by atoms with Crippen molar-refractivity contribution >= 4 is 17.6 Å². The van der Waals surface area contributed by atoms with Gasteiger partial charge in [-0.05, 0) is 38.5 Å². The molecule has 0 amide bonds. The van der Waals surface area contributed by atoms with Crippen LogP contribution in [0.15, 0.2) is 24.3 Å². The number of aliphatic carboxylic acids is 1. The first-order valence-corrected chi connectivity index (χ1v) is 7.31. The standard InChI is InChI=1S/C15H23ClO3/c1-2-7-12-11(13(16)10-14(12)17)8-5-3-4-6-9-15(18)19/h2-3,5,7,11-14,17H,4,6,8-10H2,1H3,(H,18,19)/t11-,12-,13?,14?/m1/s1. The molecule has 0 aromatic carbocycles. The number of unbranched alkanes of at least 4 members (excludes halogenated alkanes) is 1. The molecule has 4 heteroatoms. The van der Waals surface area contributed by atoms with Crippen LogP contribution < -0.4 is 0 Å². The number of allylic oxidation sites excluding steroid dienone is 3. The maximum absolute atomic E-state index is 10.4. The first kappa shape index (κ1) is 16.3. The number of carbonyl (C=O) groups is 1. The molecule has 1 saturated carbocycles. The Hall–Kier alpha value is -0.800. The van der Waals surface area contributed by atoms with Gasteiger partial charge in [-0.2, -0.15) is 0 Å². The molecule has 0 aromatic rings. The predicted octanol–water partition coefficient (Wildman–Crippen LogP) is 3.37. The maximum Gasteiger partial charge on any atom is 0.303 e. The molecular formula is C15H23ClO3. The summed E-state index contributed by atoms with van der Waals surface area (Å²) in [6, 6.07) is 0. The molecule has 0 saturated heterocycles. The van der Waals surface area contributed by atoms with Gasteiger partial charge < -0.3 is 10.2 Å². The molecule has 19 heavy (non-hydrogen) atoms. The molecule has 2 unspecified atom stereocenters. The second-order valence-electron chi connectivity index (χ2n) is 5.08. The van der Waals surface area contributed by atoms with Gasteiger partial charge in [0.25, 0.3) is 0 Å². The Morgan fingerprint density at radius 3 is 2.79 bits per heavy atom. The molecular weight excluding hydrogens is 264 g/mol. The molecule has 0 heterocycles. The smallest absolute Gasteiger partial charge is 0.303 e. The lowest BCUT2D eigenvalue weighted by Gasteiger charge is -2.18. The Morgan fingerprint density at radius 1 is 1.42 bits per heavy atom. The van der Waals surface area contributed by atoms with Gasteiger partial charge in [-0.15, -0.1) is 11.6 Å². The summed E-state index contributed by atoms with van der Waals surface area (Å²) in [4.78, 5) is 10.4. The normalized spacial score (nSPS) is 31.5. The molecule has 0 spiro atoms. The average Bonchev–Trinajstić information content (AvgIpc) is 2.60. The van der Waals surface area contributed by atoms with E-state index in [4.69, 9.17) is 16.7 Å². The van der Waals surface area contributed by atoms with E-state index in [0.717, 1.165) is 12.8 Å². The van der Waals surface area contributed by atoms with Crippen molar-refractivity contribution in [1.82, 2.24) is 0 Å². The van der Waals surface area contributed by atoms with Gasteiger partial charge in [0.15, 0.2) is 0 Å². The third-order valence-corrected chi connectivity index (χ3v) is 4.12. The predicted molar refractivity (Wildman–Crippen MR) is 77.3 cm³/mol. The van der Waals surface area contributed by atoms with E-state index in [2.05, 4.69) is 6.08 Å². The third-order valence-electron chi connectivity index (χ3n) is 3.62. The van der Waals surface area contributed by atoms with Crippen LogP contribution in [0.25, 0.3) is 0 Å². The fraction of sp³-hybridized carbons (Fsp3) is 0.667. The number of rotatable bonds is 7. The van der Waals surface area contributed by atoms with Gasteiger partial charge in [-0.25, -0.2) is 0 Å². The van der Waals surface area contributed by atoms with Gasteiger partial charge in [-0.1, -0.05) is 24.3 Å². The zero-order valence-electron chi connectivity index (χ0n) is 11.3. The van der Waals surface area contributed by atoms with Crippen LogP contribution in [-0.4, -0.2) is 27.7 Å². The first-order valence-electron chi connectivity index (χ1n) is 6.88. The molecule has 108 valence electrons. The van der Waals surface area contributed by atoms with Crippen molar-refractivity contribution in [2.24, 2.45) is 11.8 Å². The van der Waals surface area contributed by atoms with Gasteiger partial charge in [0, 0.05) is 17.7 Å². The van der Waals surface area contributed by atoms with Crippen LogP contribution >= 0.6 is 11.6 Å². The summed E-state index contributed by atoms with van der Waals surface area (Å²) in [6.45, 7) is 1.95. The third kappa shape index (κ3) is 5.37. The minimum Gasteiger partial charge on any atom is -0.481 e. The summed E-state index contributed by atoms with van der Waals surface area (Å²) in [6.07, 6.45) is 10.9. The monoisotopic (exact) mass is 286 g/mol. The van der Waals surface area contributed by atoms with Crippen LogP contribution in [0, 0.1) is 11.8 Å². The van der Waals surface area contributed by atoms with Gasteiger partial charge in [0.2, 0.25) is 0 Å². The molecule has 0 bridgehead atoms. The van der Waals surface area contributed by atoms with Gasteiger partial charge in [0.1, 0.15) is 0 Å². The lowest BCUT2D eigenvalue weighted by Crippen LogP contribution is -2.17. The average molecular weight is 287 g/mol. The van der Waals surface area contributed by atoms with Crippen LogP contribution in [0.5, 0.6) is 0 Å². The summed E-state index contributed by atoms with van der Waals surface area (Å²) in [5.41, 5.74) is 0. The van der Waals surface area contributed by atoms with Gasteiger partial charge in [0.05, 0.1) is 6.10 Å². The van der Waals surface area contributed by atoms with Crippen LogP contribution in [0.1, 0.15) is 39.0 Å². The fourth-order valence-corrected chi connectivity index (χ4v) is 3.08. The van der Waals surface area contributed by atoms with E-state index in [1.54, 1.807) is 0 Å². The summed E-state index contributed by atoms with van der Waals surface area (Å²) in [7, 11) is 0. The summed E-state index contributed by atoms with van der Waals surface area (Å²) in [5.74, 6) is -0.346. The molecule has 1 fully saturated rings. The van der Waals surface area contributed by atoms with Gasteiger partial charge >= 0.3 is 5.97 Å². The first-order chi connectivity index (χ1) is 9.06. The minimum absolute atomic E-state index is 0.0138. The van der Waals surface area contributed by atoms with Crippen molar-refractivity contribution in [3.63, 3.8) is 0 Å². The summed E-state index contributed by atoms with van der Waals surface area (Å²) < 4.78 is 0. The van der Waals surface area contributed by atoms with Crippen molar-refractivity contribution in [1.29, 1.82) is 0 Å². The van der Waals surface area contributed by atoms with Crippen molar-refractivity contribution in [3.8, 4) is 0 Å². The Kier molecular flexibility index (Phi) is 7.17. The molecule has 1 aliphatic rings. The molecule has 1 aliphatic carbocycles. The quantitative estimate of drug-likeness (QED) is 0.429. The van der Waals surface area contributed by atoms with Crippen molar-refractivity contribution in [2.45, 2.75) is 50.5 Å². The molecule has 2 N–H and O–H groups in total. The van der Waals surface area contributed by atoms with E-state index in [9.17, 15) is 9.90 Å². The lowest BCUT2D eigenvalue weighted by atomic mass is 9.91. The van der Waals surface area contributed by atoms with E-state index in [-0.39, 0.29) is 29.7 Å². The van der Waals surface area contributed by atoms with E-state index in [0.29, 0.717) is 12.8 Å². The molecule has 0 aromatic heterocycles. The van der Waals surface area contributed by atoms with E-state index >= 15 is 0 Å². The fourth-order valence-electron chi connectivity index (χ4n) is 2.63. The Bertz CT molecular complexity index is 338. The lowest BCUT2D eigenvalue weighted by molar-refractivity contribution is -0.137. The van der Waals surface area contributed by atoms with Crippen LogP contribution in [0.2, 0.25) is 0 Å². The topological polar surface area (TPSA) is 57.5 Å².